The molecular formula is C20H32IN3O2. The molecular weight excluding hydrogens is 441 g/mol. The van der Waals surface area contributed by atoms with Crippen LogP contribution in [0.15, 0.2) is 29.3 Å². The lowest BCUT2D eigenvalue weighted by Crippen LogP contribution is -2.42. The van der Waals surface area contributed by atoms with E-state index in [0.717, 1.165) is 64.0 Å². The Hall–Kier alpha value is -1.02. The van der Waals surface area contributed by atoms with Crippen LogP contribution in [0.5, 0.6) is 5.75 Å². The van der Waals surface area contributed by atoms with Crippen LogP contribution in [0.25, 0.3) is 0 Å². The van der Waals surface area contributed by atoms with Crippen molar-refractivity contribution in [3.8, 4) is 5.75 Å². The summed E-state index contributed by atoms with van der Waals surface area (Å²) in [5.74, 6) is 1.98. The number of rotatable bonds is 6. The normalized spacial score (nSPS) is 22.5. The number of hydrogen-bond acceptors (Lipinski definition) is 3. The van der Waals surface area contributed by atoms with Gasteiger partial charge in [0, 0.05) is 38.7 Å². The molecule has 1 unspecified atom stereocenters. The second kappa shape index (κ2) is 10.3. The number of hydrogen-bond donors (Lipinski definition) is 1. The average molecular weight is 473 g/mol. The molecule has 1 aromatic carbocycles. The molecule has 1 atom stereocenters. The van der Waals surface area contributed by atoms with Gasteiger partial charge in [0.15, 0.2) is 5.96 Å². The summed E-state index contributed by atoms with van der Waals surface area (Å²) in [4.78, 5) is 6.86. The summed E-state index contributed by atoms with van der Waals surface area (Å²) in [6, 6.07) is 8.39. The molecule has 2 heterocycles. The lowest BCUT2D eigenvalue weighted by molar-refractivity contribution is 0.156. The fourth-order valence-corrected chi connectivity index (χ4v) is 3.75. The van der Waals surface area contributed by atoms with Crippen LogP contribution in [0.3, 0.4) is 0 Å². The molecule has 0 bridgehead atoms. The number of benzene rings is 1. The molecule has 0 radical (unpaired) electrons. The highest BCUT2D eigenvalue weighted by molar-refractivity contribution is 14.0. The summed E-state index contributed by atoms with van der Waals surface area (Å²) in [6.45, 7) is 7.73. The first-order valence-corrected chi connectivity index (χ1v) is 9.50. The van der Waals surface area contributed by atoms with E-state index >= 15 is 0 Å². The third kappa shape index (κ3) is 5.49. The number of aliphatic imine (C=N–C) groups is 1. The second-order valence-corrected chi connectivity index (χ2v) is 7.19. The molecule has 5 nitrogen and oxygen atoms in total. The first-order valence-electron chi connectivity index (χ1n) is 9.50. The van der Waals surface area contributed by atoms with Crippen LogP contribution in [0.4, 0.5) is 0 Å². The minimum Gasteiger partial charge on any atom is -0.494 e. The van der Waals surface area contributed by atoms with Gasteiger partial charge >= 0.3 is 0 Å². The van der Waals surface area contributed by atoms with E-state index < -0.39 is 0 Å². The topological polar surface area (TPSA) is 46.1 Å². The van der Waals surface area contributed by atoms with Crippen molar-refractivity contribution in [3.63, 3.8) is 0 Å². The number of nitrogens with zero attached hydrogens (tertiary/aromatic N) is 2. The van der Waals surface area contributed by atoms with Gasteiger partial charge in [0.05, 0.1) is 13.2 Å². The zero-order valence-corrected chi connectivity index (χ0v) is 18.3. The van der Waals surface area contributed by atoms with Gasteiger partial charge in [-0.15, -0.1) is 24.0 Å². The van der Waals surface area contributed by atoms with E-state index in [1.165, 1.54) is 18.4 Å². The molecule has 0 aliphatic carbocycles. The Bertz CT molecular complexity index is 588. The predicted octanol–water partition coefficient (Wildman–Crippen LogP) is 3.32. The Morgan fingerprint density at radius 2 is 2.27 bits per heavy atom. The van der Waals surface area contributed by atoms with Crippen LogP contribution in [0.2, 0.25) is 0 Å². The highest BCUT2D eigenvalue weighted by Crippen LogP contribution is 2.38. The Balaban J connectivity index is 0.00000243. The third-order valence-electron chi connectivity index (χ3n) is 5.20. The molecule has 0 amide bonds. The Morgan fingerprint density at radius 1 is 1.38 bits per heavy atom. The molecule has 0 aromatic heterocycles. The lowest BCUT2D eigenvalue weighted by atomic mass is 9.87. The van der Waals surface area contributed by atoms with E-state index in [1.54, 1.807) is 0 Å². The van der Waals surface area contributed by atoms with Crippen LogP contribution in [0.1, 0.15) is 31.7 Å². The number of nitrogens with one attached hydrogen (secondary N) is 1. The molecule has 3 rings (SSSR count). The highest BCUT2D eigenvalue weighted by Gasteiger charge is 2.42. The number of guanidine groups is 1. The van der Waals surface area contributed by atoms with Gasteiger partial charge in [-0.2, -0.15) is 0 Å². The van der Waals surface area contributed by atoms with Gasteiger partial charge in [-0.05, 0) is 43.4 Å². The highest BCUT2D eigenvalue weighted by atomic mass is 127. The van der Waals surface area contributed by atoms with Gasteiger partial charge in [-0.3, -0.25) is 4.99 Å². The summed E-state index contributed by atoms with van der Waals surface area (Å²) < 4.78 is 11.3. The largest absolute Gasteiger partial charge is 0.494 e. The van der Waals surface area contributed by atoms with Crippen molar-refractivity contribution < 1.29 is 9.47 Å². The van der Waals surface area contributed by atoms with E-state index in [2.05, 4.69) is 40.3 Å². The van der Waals surface area contributed by atoms with Crippen molar-refractivity contribution >= 4 is 29.9 Å². The van der Waals surface area contributed by atoms with Gasteiger partial charge in [0.2, 0.25) is 0 Å². The number of likely N-dealkylation sites (tertiary alicyclic amines) is 1. The van der Waals surface area contributed by atoms with Crippen LogP contribution in [-0.4, -0.2) is 57.4 Å². The standard InChI is InChI=1S/C20H31N3O2.HI/c1-3-12-25-18-6-4-5-17(14-18)7-10-22-19(21-2)23-11-8-20(15-23)9-13-24-16-20;/h4-6,14H,3,7-13,15-16H2,1-2H3,(H,21,22);1H. The van der Waals surface area contributed by atoms with Gasteiger partial charge in [0.25, 0.3) is 0 Å². The molecule has 146 valence electrons. The minimum absolute atomic E-state index is 0. The molecule has 1 aromatic rings. The summed E-state index contributed by atoms with van der Waals surface area (Å²) in [5, 5.41) is 3.52. The maximum Gasteiger partial charge on any atom is 0.193 e. The summed E-state index contributed by atoms with van der Waals surface area (Å²) >= 11 is 0. The number of halogens is 1. The van der Waals surface area contributed by atoms with Crippen LogP contribution < -0.4 is 10.1 Å². The summed E-state index contributed by atoms with van der Waals surface area (Å²) in [6.07, 6.45) is 4.39. The van der Waals surface area contributed by atoms with E-state index in [9.17, 15) is 0 Å². The van der Waals surface area contributed by atoms with E-state index in [-0.39, 0.29) is 24.0 Å². The van der Waals surface area contributed by atoms with E-state index in [4.69, 9.17) is 9.47 Å². The zero-order chi connectivity index (χ0) is 17.5. The van der Waals surface area contributed by atoms with Gasteiger partial charge < -0.3 is 19.7 Å². The van der Waals surface area contributed by atoms with Crippen molar-refractivity contribution in [3.05, 3.63) is 29.8 Å². The molecule has 2 aliphatic rings. The van der Waals surface area contributed by atoms with Crippen molar-refractivity contribution in [1.29, 1.82) is 0 Å². The number of ether oxygens (including phenoxy) is 2. The maximum absolute atomic E-state index is 5.72. The zero-order valence-electron chi connectivity index (χ0n) is 16.0. The SMILES string of the molecule is CCCOc1cccc(CCNC(=NC)N2CCC3(CCOC3)C2)c1.I. The fourth-order valence-electron chi connectivity index (χ4n) is 3.75. The fraction of sp³-hybridized carbons (Fsp3) is 0.650. The molecule has 6 heteroatoms. The summed E-state index contributed by atoms with van der Waals surface area (Å²) in [7, 11) is 1.87. The van der Waals surface area contributed by atoms with Gasteiger partial charge in [-0.1, -0.05) is 19.1 Å². The van der Waals surface area contributed by atoms with Crippen LogP contribution >= 0.6 is 24.0 Å². The van der Waals surface area contributed by atoms with Gasteiger partial charge in [0.1, 0.15) is 5.75 Å². The van der Waals surface area contributed by atoms with Crippen LogP contribution in [0, 0.1) is 5.41 Å². The Morgan fingerprint density at radius 3 is 3.00 bits per heavy atom. The maximum atomic E-state index is 5.72. The second-order valence-electron chi connectivity index (χ2n) is 7.19. The first-order chi connectivity index (χ1) is 12.2. The van der Waals surface area contributed by atoms with E-state index in [0.29, 0.717) is 5.41 Å². The molecule has 2 aliphatic heterocycles. The molecule has 2 saturated heterocycles. The monoisotopic (exact) mass is 473 g/mol. The smallest absolute Gasteiger partial charge is 0.193 e. The van der Waals surface area contributed by atoms with Crippen molar-refractivity contribution in [1.82, 2.24) is 10.2 Å². The molecule has 1 N–H and O–H groups in total. The predicted molar refractivity (Wildman–Crippen MR) is 117 cm³/mol. The van der Waals surface area contributed by atoms with Crippen molar-refractivity contribution in [2.75, 3.05) is 46.5 Å². The molecule has 26 heavy (non-hydrogen) atoms. The van der Waals surface area contributed by atoms with Crippen molar-refractivity contribution in [2.45, 2.75) is 32.6 Å². The third-order valence-corrected chi connectivity index (χ3v) is 5.20. The lowest BCUT2D eigenvalue weighted by Gasteiger charge is -2.25. The molecule has 1 spiro atoms. The average Bonchev–Trinajstić information content (AvgIpc) is 3.27. The molecule has 0 saturated carbocycles. The molecule has 2 fully saturated rings. The van der Waals surface area contributed by atoms with Gasteiger partial charge in [-0.25, -0.2) is 0 Å². The van der Waals surface area contributed by atoms with Crippen molar-refractivity contribution in [2.24, 2.45) is 10.4 Å². The van der Waals surface area contributed by atoms with Crippen LogP contribution in [-0.2, 0) is 11.2 Å². The first kappa shape index (κ1) is 21.3. The summed E-state index contributed by atoms with van der Waals surface area (Å²) in [5.41, 5.74) is 1.65. The van der Waals surface area contributed by atoms with E-state index in [1.807, 2.05) is 13.1 Å². The Labute approximate surface area is 174 Å². The quantitative estimate of drug-likeness (QED) is 0.391. The Kier molecular flexibility index (Phi) is 8.47. The minimum atomic E-state index is 0.